The number of hydrogen-bond donors (Lipinski definition) is 2. The highest BCUT2D eigenvalue weighted by Gasteiger charge is 2.37. The fraction of sp³-hybridized carbons (Fsp3) is 0.533. The lowest BCUT2D eigenvalue weighted by Crippen LogP contribution is -2.44. The van der Waals surface area contributed by atoms with Gasteiger partial charge in [-0.1, -0.05) is 13.8 Å². The van der Waals surface area contributed by atoms with E-state index in [1.54, 1.807) is 12.1 Å². The lowest BCUT2D eigenvalue weighted by Gasteiger charge is -2.36. The van der Waals surface area contributed by atoms with Gasteiger partial charge in [-0.3, -0.25) is 4.79 Å². The number of anilines is 1. The monoisotopic (exact) mass is 264 g/mol. The average molecular weight is 264 g/mol. The summed E-state index contributed by atoms with van der Waals surface area (Å²) in [6, 6.07) is 5.88. The van der Waals surface area contributed by atoms with Crippen molar-refractivity contribution in [1.29, 1.82) is 0 Å². The molecule has 0 aliphatic carbocycles. The van der Waals surface area contributed by atoms with Crippen LogP contribution >= 0.6 is 0 Å². The number of rotatable bonds is 3. The van der Waals surface area contributed by atoms with Gasteiger partial charge in [-0.25, -0.2) is 4.39 Å². The van der Waals surface area contributed by atoms with Crippen molar-refractivity contribution in [3.05, 3.63) is 30.1 Å². The van der Waals surface area contributed by atoms with Gasteiger partial charge in [-0.2, -0.15) is 0 Å². The summed E-state index contributed by atoms with van der Waals surface area (Å²) in [6.07, 6.45) is 2.18. The highest BCUT2D eigenvalue weighted by molar-refractivity contribution is 5.95. The molecular weight excluding hydrogens is 243 g/mol. The zero-order valence-corrected chi connectivity index (χ0v) is 11.5. The van der Waals surface area contributed by atoms with Crippen LogP contribution in [0.2, 0.25) is 0 Å². The topological polar surface area (TPSA) is 41.1 Å². The molecule has 0 spiro atoms. The van der Waals surface area contributed by atoms with Crippen LogP contribution < -0.4 is 10.6 Å². The third-order valence-corrected chi connectivity index (χ3v) is 4.00. The van der Waals surface area contributed by atoms with Crippen molar-refractivity contribution in [2.24, 2.45) is 11.3 Å². The summed E-state index contributed by atoms with van der Waals surface area (Å²) in [7, 11) is 0. The van der Waals surface area contributed by atoms with Crippen LogP contribution in [0.1, 0.15) is 26.7 Å². The first-order valence-electron chi connectivity index (χ1n) is 6.78. The van der Waals surface area contributed by atoms with E-state index >= 15 is 0 Å². The Balaban J connectivity index is 2.03. The van der Waals surface area contributed by atoms with Gasteiger partial charge in [0.1, 0.15) is 5.82 Å². The van der Waals surface area contributed by atoms with E-state index in [1.165, 1.54) is 12.1 Å². The smallest absolute Gasteiger partial charge is 0.230 e. The highest BCUT2D eigenvalue weighted by atomic mass is 19.1. The molecule has 1 unspecified atom stereocenters. The van der Waals surface area contributed by atoms with Crippen molar-refractivity contribution in [3.63, 3.8) is 0 Å². The summed E-state index contributed by atoms with van der Waals surface area (Å²) >= 11 is 0. The first-order chi connectivity index (χ1) is 9.00. The van der Waals surface area contributed by atoms with Crippen molar-refractivity contribution in [2.45, 2.75) is 26.7 Å². The number of carbonyl (C=O) groups excluding carboxylic acids is 1. The van der Waals surface area contributed by atoms with Crippen LogP contribution in [0.3, 0.4) is 0 Å². The fourth-order valence-corrected chi connectivity index (χ4v) is 2.48. The predicted molar refractivity (Wildman–Crippen MR) is 74.4 cm³/mol. The Morgan fingerprint density at radius 1 is 1.37 bits per heavy atom. The molecule has 4 heteroatoms. The maximum absolute atomic E-state index is 12.8. The number of benzene rings is 1. The van der Waals surface area contributed by atoms with Crippen LogP contribution in [0.5, 0.6) is 0 Å². The Kier molecular flexibility index (Phi) is 4.20. The molecule has 1 aliphatic rings. The van der Waals surface area contributed by atoms with Crippen molar-refractivity contribution < 1.29 is 9.18 Å². The summed E-state index contributed by atoms with van der Waals surface area (Å²) in [5, 5.41) is 6.21. The molecule has 19 heavy (non-hydrogen) atoms. The van der Waals surface area contributed by atoms with Gasteiger partial charge in [0.05, 0.1) is 0 Å². The molecule has 2 N–H and O–H groups in total. The molecule has 0 aromatic heterocycles. The van der Waals surface area contributed by atoms with E-state index < -0.39 is 5.41 Å². The average Bonchev–Trinajstić information content (AvgIpc) is 2.42. The molecule has 104 valence electrons. The third kappa shape index (κ3) is 3.32. The minimum Gasteiger partial charge on any atom is -0.326 e. The van der Waals surface area contributed by atoms with E-state index in [1.807, 2.05) is 13.8 Å². The molecular formula is C15H21FN2O. The standard InChI is InChI=1S/C15H21FN2O/c1-15(2,11-4-3-9-17-10-11)14(19)18-13-7-5-12(16)6-8-13/h5-8,11,17H,3-4,9-10H2,1-2H3,(H,18,19). The minimum absolute atomic E-state index is 0.00666. The van der Waals surface area contributed by atoms with Gasteiger partial charge in [0.2, 0.25) is 5.91 Å². The van der Waals surface area contributed by atoms with E-state index in [-0.39, 0.29) is 11.7 Å². The SMILES string of the molecule is CC(C)(C(=O)Nc1ccc(F)cc1)C1CCCNC1. The van der Waals surface area contributed by atoms with Crippen LogP contribution in [-0.4, -0.2) is 19.0 Å². The van der Waals surface area contributed by atoms with Gasteiger partial charge in [-0.15, -0.1) is 0 Å². The van der Waals surface area contributed by atoms with E-state index in [4.69, 9.17) is 0 Å². The maximum Gasteiger partial charge on any atom is 0.230 e. The van der Waals surface area contributed by atoms with Gasteiger partial charge in [0, 0.05) is 11.1 Å². The predicted octanol–water partition coefficient (Wildman–Crippen LogP) is 2.79. The quantitative estimate of drug-likeness (QED) is 0.881. The van der Waals surface area contributed by atoms with E-state index in [2.05, 4.69) is 10.6 Å². The maximum atomic E-state index is 12.8. The molecule has 1 amide bonds. The Labute approximate surface area is 113 Å². The summed E-state index contributed by atoms with van der Waals surface area (Å²) in [5.74, 6) is 0.0308. The normalized spacial score (nSPS) is 20.1. The van der Waals surface area contributed by atoms with E-state index in [9.17, 15) is 9.18 Å². The zero-order valence-electron chi connectivity index (χ0n) is 11.5. The minimum atomic E-state index is -0.429. The van der Waals surface area contributed by atoms with E-state index in [0.29, 0.717) is 11.6 Å². The third-order valence-electron chi connectivity index (χ3n) is 4.00. The van der Waals surface area contributed by atoms with Crippen molar-refractivity contribution in [2.75, 3.05) is 18.4 Å². The molecule has 0 saturated carbocycles. The second kappa shape index (κ2) is 5.70. The number of piperidine rings is 1. The van der Waals surface area contributed by atoms with Crippen LogP contribution in [0, 0.1) is 17.2 Å². The molecule has 1 aromatic carbocycles. The van der Waals surface area contributed by atoms with Gasteiger partial charge in [0.25, 0.3) is 0 Å². The second-order valence-corrected chi connectivity index (χ2v) is 5.73. The van der Waals surface area contributed by atoms with Gasteiger partial charge < -0.3 is 10.6 Å². The molecule has 1 heterocycles. The fourth-order valence-electron chi connectivity index (χ4n) is 2.48. The van der Waals surface area contributed by atoms with Gasteiger partial charge >= 0.3 is 0 Å². The highest BCUT2D eigenvalue weighted by Crippen LogP contribution is 2.33. The molecule has 0 bridgehead atoms. The number of halogens is 1. The lowest BCUT2D eigenvalue weighted by molar-refractivity contribution is -0.127. The largest absolute Gasteiger partial charge is 0.326 e. The molecule has 1 atom stereocenters. The molecule has 1 aliphatic heterocycles. The Morgan fingerprint density at radius 3 is 2.63 bits per heavy atom. The molecule has 1 aromatic rings. The zero-order chi connectivity index (χ0) is 13.9. The first kappa shape index (κ1) is 14.0. The first-order valence-corrected chi connectivity index (χ1v) is 6.78. The lowest BCUT2D eigenvalue weighted by atomic mass is 9.74. The molecule has 1 fully saturated rings. The Hall–Kier alpha value is -1.42. The van der Waals surface area contributed by atoms with Crippen molar-refractivity contribution in [3.8, 4) is 0 Å². The second-order valence-electron chi connectivity index (χ2n) is 5.73. The molecule has 0 radical (unpaired) electrons. The van der Waals surface area contributed by atoms with Crippen molar-refractivity contribution >= 4 is 11.6 Å². The summed E-state index contributed by atoms with van der Waals surface area (Å²) in [6.45, 7) is 5.86. The molecule has 1 saturated heterocycles. The van der Waals surface area contributed by atoms with Crippen LogP contribution in [0.25, 0.3) is 0 Å². The van der Waals surface area contributed by atoms with Crippen molar-refractivity contribution in [1.82, 2.24) is 5.32 Å². The van der Waals surface area contributed by atoms with Gasteiger partial charge in [0.15, 0.2) is 0 Å². The van der Waals surface area contributed by atoms with Gasteiger partial charge in [-0.05, 0) is 56.1 Å². The Morgan fingerprint density at radius 2 is 2.05 bits per heavy atom. The Bertz CT molecular complexity index is 436. The number of amides is 1. The summed E-state index contributed by atoms with van der Waals surface area (Å²) < 4.78 is 12.8. The van der Waals surface area contributed by atoms with Crippen LogP contribution in [0.4, 0.5) is 10.1 Å². The number of hydrogen-bond acceptors (Lipinski definition) is 2. The summed E-state index contributed by atoms with van der Waals surface area (Å²) in [5.41, 5.74) is 0.213. The molecule has 2 rings (SSSR count). The van der Waals surface area contributed by atoms with Crippen LogP contribution in [-0.2, 0) is 4.79 Å². The number of carbonyl (C=O) groups is 1. The summed E-state index contributed by atoms with van der Waals surface area (Å²) in [4.78, 5) is 12.4. The van der Waals surface area contributed by atoms with Crippen LogP contribution in [0.15, 0.2) is 24.3 Å². The van der Waals surface area contributed by atoms with E-state index in [0.717, 1.165) is 25.9 Å². The number of nitrogens with one attached hydrogen (secondary N) is 2. The molecule has 3 nitrogen and oxygen atoms in total.